The summed E-state index contributed by atoms with van der Waals surface area (Å²) in [6, 6.07) is -0.565. The van der Waals surface area contributed by atoms with Crippen molar-refractivity contribution >= 4 is 23.2 Å². The predicted molar refractivity (Wildman–Crippen MR) is 68.5 cm³/mol. The molecule has 1 amide bonds. The Balaban J connectivity index is 2.62. The van der Waals surface area contributed by atoms with Crippen LogP contribution in [0, 0.1) is 12.8 Å². The number of carbonyl (C=O) groups excluding carboxylic acids is 1. The van der Waals surface area contributed by atoms with E-state index in [2.05, 4.69) is 10.3 Å². The van der Waals surface area contributed by atoms with Crippen molar-refractivity contribution in [1.29, 1.82) is 0 Å². The number of hydrogen-bond donors (Lipinski definition) is 3. The van der Waals surface area contributed by atoms with Crippen molar-refractivity contribution in [3.63, 3.8) is 0 Å². The molecular formula is C11H17N3O3S. The molecule has 6 nitrogen and oxygen atoms in total. The van der Waals surface area contributed by atoms with Crippen LogP contribution in [0.2, 0.25) is 0 Å². The number of nitrogens with zero attached hydrogens (tertiary/aromatic N) is 1. The SMILES string of the molecule is Cc1nc(CNC(=O)[C@H](N)C(C)C)sc1C(=O)O. The van der Waals surface area contributed by atoms with Crippen molar-refractivity contribution in [2.75, 3.05) is 0 Å². The smallest absolute Gasteiger partial charge is 0.347 e. The number of rotatable bonds is 5. The Hall–Kier alpha value is -1.47. The molecule has 1 heterocycles. The molecule has 0 aliphatic rings. The number of carbonyl (C=O) groups is 2. The van der Waals surface area contributed by atoms with Crippen molar-refractivity contribution in [1.82, 2.24) is 10.3 Å². The van der Waals surface area contributed by atoms with Gasteiger partial charge in [0, 0.05) is 0 Å². The summed E-state index contributed by atoms with van der Waals surface area (Å²) < 4.78 is 0. The maximum absolute atomic E-state index is 11.6. The molecule has 0 saturated heterocycles. The first kappa shape index (κ1) is 14.6. The Labute approximate surface area is 109 Å². The fraction of sp³-hybridized carbons (Fsp3) is 0.545. The van der Waals surface area contributed by atoms with Crippen LogP contribution < -0.4 is 11.1 Å². The lowest BCUT2D eigenvalue weighted by Gasteiger charge is -2.14. The van der Waals surface area contributed by atoms with Crippen LogP contribution in [0.1, 0.15) is 34.2 Å². The van der Waals surface area contributed by atoms with Gasteiger partial charge in [0.25, 0.3) is 0 Å². The topological polar surface area (TPSA) is 105 Å². The van der Waals surface area contributed by atoms with Crippen LogP contribution in [-0.2, 0) is 11.3 Å². The molecule has 0 saturated carbocycles. The van der Waals surface area contributed by atoms with E-state index in [9.17, 15) is 9.59 Å². The predicted octanol–water partition coefficient (Wildman–Crippen LogP) is 0.749. The summed E-state index contributed by atoms with van der Waals surface area (Å²) in [6.07, 6.45) is 0. The van der Waals surface area contributed by atoms with Crippen LogP contribution in [0.25, 0.3) is 0 Å². The van der Waals surface area contributed by atoms with E-state index in [1.165, 1.54) is 0 Å². The zero-order valence-corrected chi connectivity index (χ0v) is 11.4. The fourth-order valence-corrected chi connectivity index (χ4v) is 2.15. The second-order valence-electron chi connectivity index (χ2n) is 4.31. The Morgan fingerprint density at radius 1 is 1.50 bits per heavy atom. The summed E-state index contributed by atoms with van der Waals surface area (Å²) in [6.45, 7) is 5.56. The van der Waals surface area contributed by atoms with E-state index >= 15 is 0 Å². The van der Waals surface area contributed by atoms with Gasteiger partial charge in [-0.25, -0.2) is 9.78 Å². The number of aromatic carboxylic acids is 1. The zero-order valence-electron chi connectivity index (χ0n) is 10.6. The molecule has 4 N–H and O–H groups in total. The first-order valence-electron chi connectivity index (χ1n) is 5.55. The summed E-state index contributed by atoms with van der Waals surface area (Å²) in [7, 11) is 0. The van der Waals surface area contributed by atoms with Gasteiger partial charge in [-0.1, -0.05) is 13.8 Å². The third kappa shape index (κ3) is 3.51. The van der Waals surface area contributed by atoms with E-state index in [1.807, 2.05) is 13.8 Å². The monoisotopic (exact) mass is 271 g/mol. The number of aryl methyl sites for hydroxylation is 1. The first-order valence-corrected chi connectivity index (χ1v) is 6.37. The minimum atomic E-state index is -0.999. The molecule has 0 spiro atoms. The fourth-order valence-electron chi connectivity index (χ4n) is 1.31. The van der Waals surface area contributed by atoms with E-state index in [0.29, 0.717) is 10.7 Å². The van der Waals surface area contributed by atoms with Gasteiger partial charge in [-0.05, 0) is 12.8 Å². The van der Waals surface area contributed by atoms with Gasteiger partial charge < -0.3 is 16.2 Å². The van der Waals surface area contributed by atoms with Gasteiger partial charge in [0.2, 0.25) is 5.91 Å². The second-order valence-corrected chi connectivity index (χ2v) is 5.40. The number of thiazole rings is 1. The van der Waals surface area contributed by atoms with Gasteiger partial charge in [0.15, 0.2) is 0 Å². The van der Waals surface area contributed by atoms with Crippen LogP contribution in [0.4, 0.5) is 0 Å². The van der Waals surface area contributed by atoms with Crippen LogP contribution in [0.3, 0.4) is 0 Å². The van der Waals surface area contributed by atoms with Gasteiger partial charge >= 0.3 is 5.97 Å². The molecule has 18 heavy (non-hydrogen) atoms. The third-order valence-electron chi connectivity index (χ3n) is 2.47. The highest BCUT2D eigenvalue weighted by Gasteiger charge is 2.18. The molecule has 1 atom stereocenters. The molecule has 1 aromatic rings. The second kappa shape index (κ2) is 5.92. The summed E-state index contributed by atoms with van der Waals surface area (Å²) >= 11 is 1.06. The molecule has 0 aliphatic heterocycles. The lowest BCUT2D eigenvalue weighted by molar-refractivity contribution is -0.123. The van der Waals surface area contributed by atoms with Crippen molar-refractivity contribution < 1.29 is 14.7 Å². The Morgan fingerprint density at radius 3 is 2.56 bits per heavy atom. The van der Waals surface area contributed by atoms with Crippen LogP contribution in [0.5, 0.6) is 0 Å². The van der Waals surface area contributed by atoms with Crippen LogP contribution >= 0.6 is 11.3 Å². The van der Waals surface area contributed by atoms with Gasteiger partial charge in [-0.2, -0.15) is 0 Å². The molecule has 0 aromatic carbocycles. The van der Waals surface area contributed by atoms with E-state index < -0.39 is 12.0 Å². The van der Waals surface area contributed by atoms with Crippen molar-refractivity contribution in [3.05, 3.63) is 15.6 Å². The summed E-state index contributed by atoms with van der Waals surface area (Å²) in [5, 5.41) is 12.1. The number of amides is 1. The Morgan fingerprint density at radius 2 is 2.11 bits per heavy atom. The number of aromatic nitrogens is 1. The van der Waals surface area contributed by atoms with Gasteiger partial charge in [0.1, 0.15) is 9.88 Å². The number of hydrogen-bond acceptors (Lipinski definition) is 5. The Bertz CT molecular complexity index is 456. The van der Waals surface area contributed by atoms with Crippen molar-refractivity contribution in [2.24, 2.45) is 11.7 Å². The van der Waals surface area contributed by atoms with E-state index in [-0.39, 0.29) is 23.2 Å². The highest BCUT2D eigenvalue weighted by atomic mass is 32.1. The number of carboxylic acids is 1. The first-order chi connectivity index (χ1) is 8.32. The van der Waals surface area contributed by atoms with E-state index in [1.54, 1.807) is 6.92 Å². The molecule has 1 rings (SSSR count). The lowest BCUT2D eigenvalue weighted by atomic mass is 10.1. The maximum atomic E-state index is 11.6. The molecule has 7 heteroatoms. The third-order valence-corrected chi connectivity index (χ3v) is 3.62. The summed E-state index contributed by atoms with van der Waals surface area (Å²) in [4.78, 5) is 26.7. The standard InChI is InChI=1S/C11H17N3O3S/c1-5(2)8(12)10(15)13-4-7-14-6(3)9(18-7)11(16)17/h5,8H,4,12H2,1-3H3,(H,13,15)(H,16,17)/t8-/m1/s1. The Kier molecular flexibility index (Phi) is 4.80. The minimum Gasteiger partial charge on any atom is -0.477 e. The number of nitrogens with one attached hydrogen (secondary N) is 1. The van der Waals surface area contributed by atoms with Crippen molar-refractivity contribution in [3.8, 4) is 0 Å². The lowest BCUT2D eigenvalue weighted by Crippen LogP contribution is -2.43. The van der Waals surface area contributed by atoms with Gasteiger partial charge in [-0.3, -0.25) is 4.79 Å². The van der Waals surface area contributed by atoms with Gasteiger partial charge in [0.05, 0.1) is 18.3 Å². The van der Waals surface area contributed by atoms with E-state index in [0.717, 1.165) is 11.3 Å². The highest BCUT2D eigenvalue weighted by Crippen LogP contribution is 2.17. The normalized spacial score (nSPS) is 12.5. The van der Waals surface area contributed by atoms with Gasteiger partial charge in [-0.15, -0.1) is 11.3 Å². The largest absolute Gasteiger partial charge is 0.477 e. The molecule has 0 radical (unpaired) electrons. The highest BCUT2D eigenvalue weighted by molar-refractivity contribution is 7.13. The van der Waals surface area contributed by atoms with Crippen LogP contribution in [-0.4, -0.2) is 28.0 Å². The summed E-state index contributed by atoms with van der Waals surface area (Å²) in [5.41, 5.74) is 6.15. The van der Waals surface area contributed by atoms with E-state index in [4.69, 9.17) is 10.8 Å². The average Bonchev–Trinajstić information content (AvgIpc) is 2.66. The minimum absolute atomic E-state index is 0.0533. The zero-order chi connectivity index (χ0) is 13.9. The van der Waals surface area contributed by atoms with Crippen LogP contribution in [0.15, 0.2) is 0 Å². The molecule has 100 valence electrons. The molecule has 0 unspecified atom stereocenters. The number of carboxylic acid groups (broad SMARTS) is 1. The quantitative estimate of drug-likeness (QED) is 0.733. The molecule has 1 aromatic heterocycles. The number of nitrogens with two attached hydrogens (primary N) is 1. The summed E-state index contributed by atoms with van der Waals surface area (Å²) in [5.74, 6) is -1.20. The molecular weight excluding hydrogens is 254 g/mol. The average molecular weight is 271 g/mol. The molecule has 0 aliphatic carbocycles. The van der Waals surface area contributed by atoms with Crippen molar-refractivity contribution in [2.45, 2.75) is 33.4 Å². The molecule has 0 fully saturated rings. The maximum Gasteiger partial charge on any atom is 0.347 e. The molecule has 0 bridgehead atoms.